The molecule has 1 amide bonds. The minimum atomic E-state index is -5.37. The molecule has 3 aromatic carbocycles. The van der Waals surface area contributed by atoms with Gasteiger partial charge in [0.1, 0.15) is 28.5 Å². The Morgan fingerprint density at radius 3 is 1.98 bits per heavy atom. The molecule has 0 saturated heterocycles. The number of aliphatic hydroxyl groups is 1. The maximum Gasteiger partial charge on any atom is 0.573 e. The summed E-state index contributed by atoms with van der Waals surface area (Å²) in [6.45, 7) is 1.33. The Bertz CT molecular complexity index is 1410. The number of amides is 1. The van der Waals surface area contributed by atoms with Gasteiger partial charge in [0, 0.05) is 11.8 Å². The molecule has 17 heteroatoms. The number of benzene rings is 3. The van der Waals surface area contributed by atoms with Gasteiger partial charge in [-0.1, -0.05) is 0 Å². The largest absolute Gasteiger partial charge is 0.573 e. The predicted molar refractivity (Wildman–Crippen MR) is 122 cm³/mol. The molecule has 3 aromatic rings. The van der Waals surface area contributed by atoms with E-state index in [1.165, 1.54) is 6.92 Å². The number of carbonyl (C=O) groups is 1. The van der Waals surface area contributed by atoms with E-state index in [0.717, 1.165) is 24.3 Å². The quantitative estimate of drug-likeness (QED) is 0.213. The number of carbonyl (C=O) groups excluding carboxylic acids is 1. The Kier molecular flexibility index (Phi) is 8.48. The first-order valence-electron chi connectivity index (χ1n) is 10.5. The highest BCUT2D eigenvalue weighted by Gasteiger charge is 2.35. The fraction of sp³-hybridized carbons (Fsp3) is 0.174. The molecule has 0 unspecified atom stereocenters. The zero-order chi connectivity index (χ0) is 30.0. The normalized spacial score (nSPS) is 12.1. The molecule has 0 saturated carbocycles. The van der Waals surface area contributed by atoms with Crippen molar-refractivity contribution in [3.05, 3.63) is 71.3 Å². The first-order chi connectivity index (χ1) is 18.3. The summed E-state index contributed by atoms with van der Waals surface area (Å²) >= 11 is 0. The lowest BCUT2D eigenvalue weighted by Crippen LogP contribution is -2.36. The van der Waals surface area contributed by atoms with E-state index in [-0.39, 0.29) is 11.3 Å². The van der Waals surface area contributed by atoms with Crippen molar-refractivity contribution in [3.63, 3.8) is 0 Å². The van der Waals surface area contributed by atoms with E-state index < -0.39 is 70.2 Å². The van der Waals surface area contributed by atoms with Crippen LogP contribution in [-0.2, 0) is 0 Å². The molecule has 0 atom stereocenters. The highest BCUT2D eigenvalue weighted by atomic mass is 19.4. The third-order valence-corrected chi connectivity index (χ3v) is 4.58. The van der Waals surface area contributed by atoms with Crippen LogP contribution in [0.4, 0.5) is 40.8 Å². The Labute approximate surface area is 222 Å². The standard InChI is InChI=1S/C23H13B2F8NO6/c1-10-8-11(2-4-13(10)26)34-20(35)18-15(6-7-16(19(18)27)40-23(31,32)33)37-14-5-3-12(38-22(28,29)30)9-17(14)39-21(24,25)36/h2-9,36H,1H3,(H,34,35). The predicted octanol–water partition coefficient (Wildman–Crippen LogP) is 5.43. The maximum absolute atomic E-state index is 15.2. The lowest BCUT2D eigenvalue weighted by molar-refractivity contribution is -0.276. The number of anilines is 1. The van der Waals surface area contributed by atoms with E-state index >= 15 is 4.39 Å². The Morgan fingerprint density at radius 1 is 0.800 bits per heavy atom. The zero-order valence-electron chi connectivity index (χ0n) is 19.8. The van der Waals surface area contributed by atoms with Crippen LogP contribution < -0.4 is 24.3 Å². The van der Waals surface area contributed by atoms with Gasteiger partial charge < -0.3 is 29.4 Å². The van der Waals surface area contributed by atoms with Crippen LogP contribution in [0.3, 0.4) is 0 Å². The summed E-state index contributed by atoms with van der Waals surface area (Å²) in [5.41, 5.74) is -4.21. The molecule has 208 valence electrons. The Balaban J connectivity index is 2.10. The van der Waals surface area contributed by atoms with Gasteiger partial charge in [0.15, 0.2) is 38.8 Å². The summed E-state index contributed by atoms with van der Waals surface area (Å²) in [5.74, 6) is -8.56. The van der Waals surface area contributed by atoms with Crippen molar-refractivity contribution in [2.75, 3.05) is 5.32 Å². The number of rotatable bonds is 8. The minimum Gasteiger partial charge on any atom is -0.478 e. The van der Waals surface area contributed by atoms with Crippen molar-refractivity contribution in [3.8, 4) is 28.7 Å². The van der Waals surface area contributed by atoms with E-state index in [1.807, 2.05) is 0 Å². The van der Waals surface area contributed by atoms with E-state index in [9.17, 15) is 40.6 Å². The first kappa shape index (κ1) is 30.4. The third kappa shape index (κ3) is 8.43. The van der Waals surface area contributed by atoms with Crippen LogP contribution in [0.2, 0.25) is 0 Å². The van der Waals surface area contributed by atoms with Gasteiger partial charge >= 0.3 is 12.7 Å². The van der Waals surface area contributed by atoms with E-state index in [4.69, 9.17) is 25.2 Å². The topological polar surface area (TPSA) is 86.2 Å². The molecule has 7 nitrogen and oxygen atoms in total. The number of hydrogen-bond acceptors (Lipinski definition) is 6. The van der Waals surface area contributed by atoms with Crippen molar-refractivity contribution in [2.24, 2.45) is 0 Å². The SMILES string of the molecule is [B]C([B])(O)Oc1cc(OC(F)(F)F)ccc1Oc1ccc(OC(F)(F)F)c(F)c1C(=O)Nc1ccc(F)c(C)c1. The van der Waals surface area contributed by atoms with Crippen molar-refractivity contribution in [1.82, 2.24) is 0 Å². The highest BCUT2D eigenvalue weighted by Crippen LogP contribution is 2.41. The van der Waals surface area contributed by atoms with Crippen LogP contribution >= 0.6 is 0 Å². The molecule has 0 aliphatic heterocycles. The fourth-order valence-corrected chi connectivity index (χ4v) is 3.10. The summed E-state index contributed by atoms with van der Waals surface area (Å²) in [6.07, 6.45) is -10.5. The highest BCUT2D eigenvalue weighted by molar-refractivity contribution is 6.37. The summed E-state index contributed by atoms with van der Waals surface area (Å²) < 4.78 is 122. The molecule has 0 bridgehead atoms. The lowest BCUT2D eigenvalue weighted by atomic mass is 9.76. The van der Waals surface area contributed by atoms with Crippen LogP contribution in [0.15, 0.2) is 48.5 Å². The molecule has 0 aliphatic rings. The molecule has 0 fully saturated rings. The average molecular weight is 573 g/mol. The van der Waals surface area contributed by atoms with Gasteiger partial charge in [0.2, 0.25) is 0 Å². The molecular formula is C23H13B2F8NO6. The molecule has 3 rings (SSSR count). The van der Waals surface area contributed by atoms with Crippen LogP contribution in [0.1, 0.15) is 15.9 Å². The molecule has 0 aliphatic carbocycles. The van der Waals surface area contributed by atoms with Gasteiger partial charge in [-0.15, -0.1) is 26.3 Å². The van der Waals surface area contributed by atoms with Crippen LogP contribution in [-0.4, -0.2) is 45.0 Å². The van der Waals surface area contributed by atoms with Crippen molar-refractivity contribution >= 4 is 27.3 Å². The third-order valence-electron chi connectivity index (χ3n) is 4.58. The van der Waals surface area contributed by atoms with Crippen LogP contribution in [0.5, 0.6) is 28.7 Å². The van der Waals surface area contributed by atoms with Crippen molar-refractivity contribution < 1.29 is 64.0 Å². The van der Waals surface area contributed by atoms with E-state index in [0.29, 0.717) is 24.3 Å². The van der Waals surface area contributed by atoms with E-state index in [2.05, 4.69) is 14.8 Å². The van der Waals surface area contributed by atoms with Crippen LogP contribution in [0, 0.1) is 18.6 Å². The number of ether oxygens (including phenoxy) is 4. The van der Waals surface area contributed by atoms with Gasteiger partial charge in [0.05, 0.1) is 0 Å². The second-order valence-electron chi connectivity index (χ2n) is 7.83. The summed E-state index contributed by atoms with van der Waals surface area (Å²) in [6, 6.07) is 6.20. The number of aryl methyl sites for hydroxylation is 1. The van der Waals surface area contributed by atoms with Crippen molar-refractivity contribution in [2.45, 2.75) is 25.2 Å². The summed E-state index contributed by atoms with van der Waals surface area (Å²) in [5, 5.41) is 11.7. The molecule has 2 N–H and O–H groups in total. The van der Waals surface area contributed by atoms with Gasteiger partial charge in [-0.05, 0) is 55.0 Å². The maximum atomic E-state index is 15.2. The Hall–Kier alpha value is -4.14. The minimum absolute atomic E-state index is 0.0583. The molecule has 0 aromatic heterocycles. The van der Waals surface area contributed by atoms with Gasteiger partial charge in [-0.2, -0.15) is 0 Å². The molecule has 40 heavy (non-hydrogen) atoms. The monoisotopic (exact) mass is 573 g/mol. The van der Waals surface area contributed by atoms with Gasteiger partial charge in [0.25, 0.3) is 5.91 Å². The molecule has 0 spiro atoms. The molecule has 0 heterocycles. The number of hydrogen-bond donors (Lipinski definition) is 2. The van der Waals surface area contributed by atoms with E-state index in [1.54, 1.807) is 0 Å². The number of alkyl halides is 6. The zero-order valence-corrected chi connectivity index (χ0v) is 19.8. The smallest absolute Gasteiger partial charge is 0.478 e. The average Bonchev–Trinajstić information content (AvgIpc) is 2.77. The summed E-state index contributed by atoms with van der Waals surface area (Å²) in [7, 11) is 10.2. The molecular weight excluding hydrogens is 560 g/mol. The van der Waals surface area contributed by atoms with Gasteiger partial charge in [-0.25, -0.2) is 8.78 Å². The molecule has 4 radical (unpaired) electrons. The van der Waals surface area contributed by atoms with Gasteiger partial charge in [-0.3, -0.25) is 4.79 Å². The van der Waals surface area contributed by atoms with Crippen LogP contribution in [0.25, 0.3) is 0 Å². The first-order valence-corrected chi connectivity index (χ1v) is 10.5. The second-order valence-corrected chi connectivity index (χ2v) is 7.83. The fourth-order valence-electron chi connectivity index (χ4n) is 3.10. The second kappa shape index (κ2) is 11.2. The Morgan fingerprint density at radius 2 is 1.40 bits per heavy atom. The number of nitrogens with one attached hydrogen (secondary N) is 1. The van der Waals surface area contributed by atoms with Crippen molar-refractivity contribution in [1.29, 1.82) is 0 Å². The number of halogens is 8. The summed E-state index contributed by atoms with van der Waals surface area (Å²) in [4.78, 5) is 13.0. The lowest BCUT2D eigenvalue weighted by Gasteiger charge is -2.24.